The predicted molar refractivity (Wildman–Crippen MR) is 49.4 cm³/mol. The maximum atomic E-state index is 5.54. The van der Waals surface area contributed by atoms with Gasteiger partial charge >= 0.3 is 0 Å². The molecule has 5 heteroatoms. The van der Waals surface area contributed by atoms with Gasteiger partial charge in [0, 0.05) is 0 Å². The van der Waals surface area contributed by atoms with E-state index in [1.807, 2.05) is 19.1 Å². The number of nitrogens with zero attached hydrogens (tertiary/aromatic N) is 3. The zero-order valence-electron chi connectivity index (χ0n) is 6.56. The zero-order valence-corrected chi connectivity index (χ0v) is 7.38. The molecule has 0 atom stereocenters. The minimum atomic E-state index is 0. The standard InChI is InChI=1S/C7H8N4.ClH/c1-5-9-7-3-2-6(8)4-11(7)10-5;/h2-4H,8H2,1H3;1H. The molecular weight excluding hydrogens is 176 g/mol. The Balaban J connectivity index is 0.000000720. The van der Waals surface area contributed by atoms with E-state index in [0.717, 1.165) is 11.5 Å². The van der Waals surface area contributed by atoms with Gasteiger partial charge in [-0.25, -0.2) is 9.50 Å². The number of hydrogen-bond acceptors (Lipinski definition) is 3. The number of fused-ring (bicyclic) bond motifs is 1. The normalized spacial score (nSPS) is 9.75. The van der Waals surface area contributed by atoms with Gasteiger partial charge in [-0.3, -0.25) is 0 Å². The molecule has 64 valence electrons. The number of anilines is 1. The molecule has 0 radical (unpaired) electrons. The topological polar surface area (TPSA) is 56.2 Å². The fraction of sp³-hybridized carbons (Fsp3) is 0.143. The van der Waals surface area contributed by atoms with Crippen LogP contribution in [0, 0.1) is 6.92 Å². The number of aromatic nitrogens is 3. The maximum absolute atomic E-state index is 5.54. The van der Waals surface area contributed by atoms with Crippen LogP contribution in [0.3, 0.4) is 0 Å². The van der Waals surface area contributed by atoms with Crippen molar-refractivity contribution in [1.82, 2.24) is 14.6 Å². The molecule has 0 aliphatic heterocycles. The molecule has 0 saturated heterocycles. The van der Waals surface area contributed by atoms with E-state index in [1.165, 1.54) is 0 Å². The van der Waals surface area contributed by atoms with Crippen molar-refractivity contribution in [1.29, 1.82) is 0 Å². The van der Waals surface area contributed by atoms with Gasteiger partial charge in [0.15, 0.2) is 5.65 Å². The summed E-state index contributed by atoms with van der Waals surface area (Å²) >= 11 is 0. The lowest BCUT2D eigenvalue weighted by Gasteiger charge is -1.91. The molecule has 0 bridgehead atoms. The molecule has 2 heterocycles. The van der Waals surface area contributed by atoms with E-state index in [4.69, 9.17) is 5.73 Å². The summed E-state index contributed by atoms with van der Waals surface area (Å²) in [6.07, 6.45) is 1.75. The highest BCUT2D eigenvalue weighted by molar-refractivity contribution is 5.85. The van der Waals surface area contributed by atoms with Gasteiger partial charge in [-0.15, -0.1) is 12.4 Å². The molecule has 0 amide bonds. The third-order valence-corrected chi connectivity index (χ3v) is 1.46. The van der Waals surface area contributed by atoms with Gasteiger partial charge in [0.1, 0.15) is 5.82 Å². The molecule has 0 aromatic carbocycles. The molecule has 2 rings (SSSR count). The number of halogens is 1. The second-order valence-corrected chi connectivity index (χ2v) is 2.42. The SMILES string of the molecule is Cc1nc2ccc(N)cn2n1.Cl. The molecule has 2 N–H and O–H groups in total. The predicted octanol–water partition coefficient (Wildman–Crippen LogP) is 1.04. The molecular formula is C7H9ClN4. The Hall–Kier alpha value is -1.29. The van der Waals surface area contributed by atoms with Crippen LogP contribution in [-0.2, 0) is 0 Å². The quantitative estimate of drug-likeness (QED) is 0.666. The van der Waals surface area contributed by atoms with Gasteiger partial charge < -0.3 is 5.73 Å². The van der Waals surface area contributed by atoms with Crippen LogP contribution in [0.15, 0.2) is 18.3 Å². The Kier molecular flexibility index (Phi) is 2.19. The van der Waals surface area contributed by atoms with E-state index in [-0.39, 0.29) is 12.4 Å². The number of pyridine rings is 1. The van der Waals surface area contributed by atoms with E-state index in [9.17, 15) is 0 Å². The lowest BCUT2D eigenvalue weighted by Crippen LogP contribution is -1.91. The molecule has 4 nitrogen and oxygen atoms in total. The van der Waals surface area contributed by atoms with Crippen molar-refractivity contribution in [3.8, 4) is 0 Å². The van der Waals surface area contributed by atoms with Crippen molar-refractivity contribution >= 4 is 23.7 Å². The molecule has 0 fully saturated rings. The van der Waals surface area contributed by atoms with E-state index < -0.39 is 0 Å². The highest BCUT2D eigenvalue weighted by Crippen LogP contribution is 2.04. The summed E-state index contributed by atoms with van der Waals surface area (Å²) in [5, 5.41) is 4.10. The number of nitrogens with two attached hydrogens (primary N) is 1. The van der Waals surface area contributed by atoms with Crippen LogP contribution in [0.2, 0.25) is 0 Å². The first-order chi connectivity index (χ1) is 5.25. The second-order valence-electron chi connectivity index (χ2n) is 2.42. The molecule has 0 aliphatic carbocycles. The van der Waals surface area contributed by atoms with Crippen molar-refractivity contribution in [2.24, 2.45) is 0 Å². The maximum Gasteiger partial charge on any atom is 0.155 e. The third-order valence-electron chi connectivity index (χ3n) is 1.46. The summed E-state index contributed by atoms with van der Waals surface area (Å²) in [7, 11) is 0. The van der Waals surface area contributed by atoms with Crippen LogP contribution >= 0.6 is 12.4 Å². The fourth-order valence-electron chi connectivity index (χ4n) is 1.01. The van der Waals surface area contributed by atoms with Crippen molar-refractivity contribution in [2.75, 3.05) is 5.73 Å². The monoisotopic (exact) mass is 184 g/mol. The van der Waals surface area contributed by atoms with Gasteiger partial charge in [-0.2, -0.15) is 5.10 Å². The number of aryl methyl sites for hydroxylation is 1. The average molecular weight is 185 g/mol. The van der Waals surface area contributed by atoms with Crippen molar-refractivity contribution < 1.29 is 0 Å². The molecule has 12 heavy (non-hydrogen) atoms. The molecule has 0 unspecified atom stereocenters. The first-order valence-corrected chi connectivity index (χ1v) is 3.34. The smallest absolute Gasteiger partial charge is 0.155 e. The Morgan fingerprint density at radius 2 is 2.17 bits per heavy atom. The van der Waals surface area contributed by atoms with Crippen LogP contribution in [0.5, 0.6) is 0 Å². The summed E-state index contributed by atoms with van der Waals surface area (Å²) in [4.78, 5) is 4.15. The van der Waals surface area contributed by atoms with Gasteiger partial charge in [-0.1, -0.05) is 0 Å². The van der Waals surface area contributed by atoms with Gasteiger partial charge in [0.2, 0.25) is 0 Å². The highest BCUT2D eigenvalue weighted by Gasteiger charge is 1.96. The van der Waals surface area contributed by atoms with Crippen LogP contribution in [0.1, 0.15) is 5.82 Å². The minimum absolute atomic E-state index is 0. The van der Waals surface area contributed by atoms with Gasteiger partial charge in [0.25, 0.3) is 0 Å². The second kappa shape index (κ2) is 2.98. The van der Waals surface area contributed by atoms with Crippen molar-refractivity contribution in [2.45, 2.75) is 6.92 Å². The molecule has 0 saturated carbocycles. The molecule has 0 spiro atoms. The van der Waals surface area contributed by atoms with Crippen LogP contribution in [-0.4, -0.2) is 14.6 Å². The fourth-order valence-corrected chi connectivity index (χ4v) is 1.01. The van der Waals surface area contributed by atoms with Crippen LogP contribution < -0.4 is 5.73 Å². The molecule has 2 aromatic heterocycles. The Labute approximate surface area is 75.8 Å². The Bertz CT molecular complexity index is 395. The van der Waals surface area contributed by atoms with Crippen molar-refractivity contribution in [3.63, 3.8) is 0 Å². The first kappa shape index (κ1) is 8.80. The zero-order chi connectivity index (χ0) is 7.84. The largest absolute Gasteiger partial charge is 0.397 e. The third kappa shape index (κ3) is 1.33. The minimum Gasteiger partial charge on any atom is -0.397 e. The van der Waals surface area contributed by atoms with Crippen LogP contribution in [0.4, 0.5) is 5.69 Å². The Morgan fingerprint density at radius 1 is 1.42 bits per heavy atom. The summed E-state index contributed by atoms with van der Waals surface area (Å²) in [6, 6.07) is 3.65. The van der Waals surface area contributed by atoms with E-state index >= 15 is 0 Å². The summed E-state index contributed by atoms with van der Waals surface area (Å²) < 4.78 is 1.67. The number of nitrogen functional groups attached to an aromatic ring is 1. The van der Waals surface area contributed by atoms with Crippen molar-refractivity contribution in [3.05, 3.63) is 24.2 Å². The number of hydrogen-bond donors (Lipinski definition) is 1. The Morgan fingerprint density at radius 3 is 2.92 bits per heavy atom. The van der Waals surface area contributed by atoms with Gasteiger partial charge in [0.05, 0.1) is 11.9 Å². The molecule has 2 aromatic rings. The first-order valence-electron chi connectivity index (χ1n) is 3.34. The van der Waals surface area contributed by atoms with E-state index in [2.05, 4.69) is 10.1 Å². The van der Waals surface area contributed by atoms with E-state index in [0.29, 0.717) is 5.69 Å². The lowest BCUT2D eigenvalue weighted by molar-refractivity contribution is 0.932. The van der Waals surface area contributed by atoms with E-state index in [1.54, 1.807) is 10.7 Å². The number of rotatable bonds is 0. The highest BCUT2D eigenvalue weighted by atomic mass is 35.5. The van der Waals surface area contributed by atoms with Crippen LogP contribution in [0.25, 0.3) is 5.65 Å². The lowest BCUT2D eigenvalue weighted by atomic mass is 10.4. The summed E-state index contributed by atoms with van der Waals surface area (Å²) in [5.41, 5.74) is 7.07. The van der Waals surface area contributed by atoms with Gasteiger partial charge in [-0.05, 0) is 19.1 Å². The summed E-state index contributed by atoms with van der Waals surface area (Å²) in [6.45, 7) is 1.85. The average Bonchev–Trinajstić information content (AvgIpc) is 2.27. The summed E-state index contributed by atoms with van der Waals surface area (Å²) in [5.74, 6) is 0.760. The molecule has 0 aliphatic rings.